The molecule has 3 aromatic rings. The van der Waals surface area contributed by atoms with Crippen molar-refractivity contribution in [2.75, 3.05) is 13.2 Å². The van der Waals surface area contributed by atoms with Gasteiger partial charge in [0.25, 0.3) is 0 Å². The fourth-order valence-electron chi connectivity index (χ4n) is 2.97. The van der Waals surface area contributed by atoms with E-state index in [1.165, 1.54) is 0 Å². The zero-order valence-electron chi connectivity index (χ0n) is 14.9. The number of rotatable bonds is 3. The second-order valence-corrected chi connectivity index (χ2v) is 7.20. The molecule has 1 aromatic heterocycles. The molecule has 0 saturated carbocycles. The minimum absolute atomic E-state index is 0. The molecular weight excluding hydrogens is 348 g/mol. The molecule has 2 heterocycles. The Bertz CT molecular complexity index is 780. The quantitative estimate of drug-likeness (QED) is 0.686. The Hall–Kier alpha value is -2.14. The SMILES string of the molecule is CC1(C)COC(c2nc(-c3ccccc3)c(-c3ccccc3)[nH]2)OC1.Cl. The van der Waals surface area contributed by atoms with Gasteiger partial charge in [0.2, 0.25) is 6.29 Å². The number of H-pyrrole nitrogens is 1. The molecule has 4 rings (SSSR count). The van der Waals surface area contributed by atoms with E-state index in [1.54, 1.807) is 0 Å². The van der Waals surface area contributed by atoms with Crippen molar-refractivity contribution >= 4 is 12.4 Å². The number of nitrogens with one attached hydrogen (secondary N) is 1. The minimum atomic E-state index is -0.451. The highest BCUT2D eigenvalue weighted by Gasteiger charge is 2.31. The maximum Gasteiger partial charge on any atom is 0.217 e. The molecule has 0 spiro atoms. The average molecular weight is 371 g/mol. The number of halogens is 1. The molecule has 0 unspecified atom stereocenters. The summed E-state index contributed by atoms with van der Waals surface area (Å²) in [6.45, 7) is 5.58. The first-order valence-electron chi connectivity index (χ1n) is 8.56. The molecule has 0 radical (unpaired) electrons. The Morgan fingerprint density at radius 1 is 0.885 bits per heavy atom. The molecule has 26 heavy (non-hydrogen) atoms. The first kappa shape index (κ1) is 18.6. The van der Waals surface area contributed by atoms with Gasteiger partial charge in [-0.2, -0.15) is 0 Å². The third-order valence-corrected chi connectivity index (χ3v) is 4.31. The zero-order valence-corrected chi connectivity index (χ0v) is 15.8. The van der Waals surface area contributed by atoms with Gasteiger partial charge in [-0.05, 0) is 0 Å². The van der Waals surface area contributed by atoms with Gasteiger partial charge in [0, 0.05) is 16.5 Å². The summed E-state index contributed by atoms with van der Waals surface area (Å²) in [5.74, 6) is 0.716. The Morgan fingerprint density at radius 3 is 2.00 bits per heavy atom. The van der Waals surface area contributed by atoms with Gasteiger partial charge in [0.05, 0.1) is 24.6 Å². The zero-order chi connectivity index (χ0) is 17.3. The molecule has 4 nitrogen and oxygen atoms in total. The smallest absolute Gasteiger partial charge is 0.217 e. The van der Waals surface area contributed by atoms with Crippen LogP contribution in [-0.4, -0.2) is 23.2 Å². The highest BCUT2D eigenvalue weighted by Crippen LogP contribution is 2.35. The largest absolute Gasteiger partial charge is 0.345 e. The summed E-state index contributed by atoms with van der Waals surface area (Å²) in [6.07, 6.45) is -0.451. The van der Waals surface area contributed by atoms with Crippen molar-refractivity contribution in [1.29, 1.82) is 0 Å². The lowest BCUT2D eigenvalue weighted by Crippen LogP contribution is -2.34. The van der Waals surface area contributed by atoms with Crippen molar-refractivity contribution in [2.24, 2.45) is 5.41 Å². The summed E-state index contributed by atoms with van der Waals surface area (Å²) >= 11 is 0. The molecule has 5 heteroatoms. The summed E-state index contributed by atoms with van der Waals surface area (Å²) < 4.78 is 11.8. The van der Waals surface area contributed by atoms with Gasteiger partial charge in [0.15, 0.2) is 5.82 Å². The molecule has 1 aliphatic rings. The number of aromatic amines is 1. The van der Waals surface area contributed by atoms with Crippen LogP contribution in [0.15, 0.2) is 60.7 Å². The van der Waals surface area contributed by atoms with Crippen LogP contribution in [0, 0.1) is 5.41 Å². The van der Waals surface area contributed by atoms with Crippen molar-refractivity contribution in [3.63, 3.8) is 0 Å². The molecule has 0 bridgehead atoms. The predicted octanol–water partition coefficient (Wildman–Crippen LogP) is 5.24. The van der Waals surface area contributed by atoms with E-state index in [0.717, 1.165) is 22.5 Å². The number of nitrogens with zero attached hydrogens (tertiary/aromatic N) is 1. The van der Waals surface area contributed by atoms with Crippen molar-refractivity contribution in [3.05, 3.63) is 66.5 Å². The number of hydrogen-bond acceptors (Lipinski definition) is 3. The second kappa shape index (κ2) is 7.62. The topological polar surface area (TPSA) is 47.1 Å². The summed E-state index contributed by atoms with van der Waals surface area (Å²) in [6, 6.07) is 20.4. The number of imidazole rings is 1. The summed E-state index contributed by atoms with van der Waals surface area (Å²) in [5, 5.41) is 0. The molecule has 1 saturated heterocycles. The highest BCUT2D eigenvalue weighted by molar-refractivity contribution is 5.85. The van der Waals surface area contributed by atoms with Gasteiger partial charge in [-0.25, -0.2) is 4.98 Å². The Balaban J connectivity index is 0.00000196. The summed E-state index contributed by atoms with van der Waals surface area (Å²) in [4.78, 5) is 8.26. The van der Waals surface area contributed by atoms with E-state index >= 15 is 0 Å². The molecule has 0 atom stereocenters. The maximum absolute atomic E-state index is 5.90. The maximum atomic E-state index is 5.90. The van der Waals surface area contributed by atoms with Crippen LogP contribution in [-0.2, 0) is 9.47 Å². The lowest BCUT2D eigenvalue weighted by atomic mass is 9.96. The van der Waals surface area contributed by atoms with Crippen molar-refractivity contribution < 1.29 is 9.47 Å². The van der Waals surface area contributed by atoms with Crippen LogP contribution in [0.2, 0.25) is 0 Å². The van der Waals surface area contributed by atoms with Crippen LogP contribution in [0.25, 0.3) is 22.5 Å². The summed E-state index contributed by atoms with van der Waals surface area (Å²) in [5.41, 5.74) is 4.10. The molecule has 136 valence electrons. The van der Waals surface area contributed by atoms with Gasteiger partial charge < -0.3 is 14.5 Å². The molecule has 1 fully saturated rings. The Labute approximate surface area is 160 Å². The van der Waals surface area contributed by atoms with Crippen molar-refractivity contribution in [1.82, 2.24) is 9.97 Å². The average Bonchev–Trinajstić information content (AvgIpc) is 3.08. The van der Waals surface area contributed by atoms with Crippen LogP contribution in [0.3, 0.4) is 0 Å². The van der Waals surface area contributed by atoms with Crippen LogP contribution in [0.5, 0.6) is 0 Å². The number of aromatic nitrogens is 2. The molecule has 0 aliphatic carbocycles. The van der Waals surface area contributed by atoms with Crippen LogP contribution in [0.4, 0.5) is 0 Å². The lowest BCUT2D eigenvalue weighted by molar-refractivity contribution is -0.229. The Kier molecular flexibility index (Phi) is 5.47. The molecule has 1 aliphatic heterocycles. The normalized spacial score (nSPS) is 16.8. The number of benzene rings is 2. The van der Waals surface area contributed by atoms with E-state index in [4.69, 9.17) is 14.5 Å². The van der Waals surface area contributed by atoms with Gasteiger partial charge in [-0.15, -0.1) is 12.4 Å². The van der Waals surface area contributed by atoms with E-state index in [9.17, 15) is 0 Å². The van der Waals surface area contributed by atoms with E-state index < -0.39 is 6.29 Å². The third kappa shape index (κ3) is 3.83. The third-order valence-electron chi connectivity index (χ3n) is 4.31. The van der Waals surface area contributed by atoms with Crippen molar-refractivity contribution in [3.8, 4) is 22.5 Å². The molecular formula is C21H23ClN2O2. The monoisotopic (exact) mass is 370 g/mol. The van der Waals surface area contributed by atoms with E-state index in [2.05, 4.69) is 43.1 Å². The van der Waals surface area contributed by atoms with E-state index in [1.807, 2.05) is 36.4 Å². The molecule has 1 N–H and O–H groups in total. The number of hydrogen-bond donors (Lipinski definition) is 1. The summed E-state index contributed by atoms with van der Waals surface area (Å²) in [7, 11) is 0. The van der Waals surface area contributed by atoms with E-state index in [0.29, 0.717) is 19.0 Å². The lowest BCUT2D eigenvalue weighted by Gasteiger charge is -2.33. The standard InChI is InChI=1S/C21H22N2O2.ClH/c1-21(2)13-24-20(25-14-21)19-22-17(15-9-5-3-6-10-15)18(23-19)16-11-7-4-8-12-16;/h3-12,20H,13-14H2,1-2H3,(H,22,23);1H. The molecule has 2 aromatic carbocycles. The minimum Gasteiger partial charge on any atom is -0.345 e. The van der Waals surface area contributed by atoms with Crippen molar-refractivity contribution in [2.45, 2.75) is 20.1 Å². The first-order valence-corrected chi connectivity index (χ1v) is 8.56. The predicted molar refractivity (Wildman–Crippen MR) is 105 cm³/mol. The van der Waals surface area contributed by atoms with Gasteiger partial charge in [-0.1, -0.05) is 74.5 Å². The van der Waals surface area contributed by atoms with Crippen LogP contribution < -0.4 is 0 Å². The fraction of sp³-hybridized carbons (Fsp3) is 0.286. The second-order valence-electron chi connectivity index (χ2n) is 7.20. The fourth-order valence-corrected chi connectivity index (χ4v) is 2.97. The highest BCUT2D eigenvalue weighted by atomic mass is 35.5. The van der Waals surface area contributed by atoms with Gasteiger partial charge >= 0.3 is 0 Å². The van der Waals surface area contributed by atoms with Crippen LogP contribution >= 0.6 is 12.4 Å². The van der Waals surface area contributed by atoms with Gasteiger partial charge in [-0.3, -0.25) is 0 Å². The number of ether oxygens (including phenoxy) is 2. The molecule has 0 amide bonds. The van der Waals surface area contributed by atoms with Crippen LogP contribution in [0.1, 0.15) is 26.0 Å². The van der Waals surface area contributed by atoms with Gasteiger partial charge in [0.1, 0.15) is 0 Å². The van der Waals surface area contributed by atoms with E-state index in [-0.39, 0.29) is 17.8 Å². The first-order chi connectivity index (χ1) is 12.1. The Morgan fingerprint density at radius 2 is 1.42 bits per heavy atom.